The van der Waals surface area contributed by atoms with Crippen molar-refractivity contribution in [3.8, 4) is 5.75 Å². The van der Waals surface area contributed by atoms with Crippen LogP contribution in [0.3, 0.4) is 0 Å². The average Bonchev–Trinajstić information content (AvgIpc) is 2.79. The van der Waals surface area contributed by atoms with Crippen LogP contribution in [0.5, 0.6) is 5.75 Å². The number of hydrogen-bond donors (Lipinski definition) is 2. The highest BCUT2D eigenvalue weighted by atomic mass is 35.5. The summed E-state index contributed by atoms with van der Waals surface area (Å²) in [4.78, 5) is 13.0. The van der Waals surface area contributed by atoms with Crippen LogP contribution in [0.25, 0.3) is 0 Å². The molecule has 0 aromatic heterocycles. The third-order valence-corrected chi connectivity index (χ3v) is 6.46. The van der Waals surface area contributed by atoms with E-state index in [2.05, 4.69) is 10.0 Å². The molecule has 0 fully saturated rings. The Morgan fingerprint density at radius 3 is 2.22 bits per heavy atom. The van der Waals surface area contributed by atoms with Gasteiger partial charge in [-0.1, -0.05) is 54.1 Å². The van der Waals surface area contributed by atoms with Gasteiger partial charge in [0.05, 0.1) is 11.5 Å². The third kappa shape index (κ3) is 6.82. The Balaban J connectivity index is 1.76. The monoisotopic (exact) mass is 472 g/mol. The molecule has 1 atom stereocenters. The number of carbonyl (C=O) groups is 1. The molecule has 0 spiro atoms. The lowest BCUT2D eigenvalue weighted by molar-refractivity contribution is -0.122. The Morgan fingerprint density at radius 1 is 0.938 bits per heavy atom. The lowest BCUT2D eigenvalue weighted by Crippen LogP contribution is -2.47. The van der Waals surface area contributed by atoms with Crippen molar-refractivity contribution in [3.05, 3.63) is 95.0 Å². The minimum atomic E-state index is -3.93. The lowest BCUT2D eigenvalue weighted by atomic mass is 10.1. The second kappa shape index (κ2) is 11.1. The summed E-state index contributed by atoms with van der Waals surface area (Å²) in [6.07, 6.45) is 0.212. The highest BCUT2D eigenvalue weighted by Gasteiger charge is 2.26. The average molecular weight is 473 g/mol. The van der Waals surface area contributed by atoms with E-state index in [4.69, 9.17) is 16.3 Å². The number of ether oxygens (including phenoxy) is 1. The normalized spacial score (nSPS) is 12.2. The molecule has 3 aromatic carbocycles. The minimum Gasteiger partial charge on any atom is -0.494 e. The lowest BCUT2D eigenvalue weighted by Gasteiger charge is -2.19. The van der Waals surface area contributed by atoms with Gasteiger partial charge in [-0.15, -0.1) is 0 Å². The largest absolute Gasteiger partial charge is 0.494 e. The fraction of sp³-hybridized carbons (Fsp3) is 0.208. The van der Waals surface area contributed by atoms with Gasteiger partial charge in [-0.25, -0.2) is 8.42 Å². The number of benzene rings is 3. The van der Waals surface area contributed by atoms with E-state index in [-0.39, 0.29) is 17.9 Å². The quantitative estimate of drug-likeness (QED) is 0.468. The number of amides is 1. The summed E-state index contributed by atoms with van der Waals surface area (Å²) in [5.74, 6) is 0.159. The summed E-state index contributed by atoms with van der Waals surface area (Å²) in [5, 5.41) is 3.41. The van der Waals surface area contributed by atoms with Gasteiger partial charge in [-0.05, 0) is 60.9 Å². The third-order valence-electron chi connectivity index (χ3n) is 4.72. The molecule has 3 rings (SSSR count). The zero-order valence-corrected chi connectivity index (χ0v) is 19.2. The SMILES string of the molecule is CCOc1ccc(S(=O)(=O)NC(Cc2ccccc2)C(=O)NCc2ccc(Cl)cc2)cc1. The number of nitrogens with one attached hydrogen (secondary N) is 2. The van der Waals surface area contributed by atoms with Gasteiger partial charge in [0.1, 0.15) is 11.8 Å². The first-order valence-electron chi connectivity index (χ1n) is 10.2. The molecule has 168 valence electrons. The summed E-state index contributed by atoms with van der Waals surface area (Å²) >= 11 is 5.90. The molecule has 3 aromatic rings. The highest BCUT2D eigenvalue weighted by Crippen LogP contribution is 2.17. The van der Waals surface area contributed by atoms with Gasteiger partial charge in [0.15, 0.2) is 0 Å². The van der Waals surface area contributed by atoms with E-state index < -0.39 is 22.0 Å². The van der Waals surface area contributed by atoms with E-state index in [1.807, 2.05) is 37.3 Å². The Morgan fingerprint density at radius 2 is 1.59 bits per heavy atom. The minimum absolute atomic E-state index is 0.0597. The van der Waals surface area contributed by atoms with Gasteiger partial charge in [0.25, 0.3) is 0 Å². The van der Waals surface area contributed by atoms with Crippen molar-refractivity contribution in [3.63, 3.8) is 0 Å². The second-order valence-corrected chi connectivity index (χ2v) is 9.26. The maximum atomic E-state index is 13.0. The Bertz CT molecular complexity index is 1120. The molecule has 1 amide bonds. The Hall–Kier alpha value is -2.87. The summed E-state index contributed by atoms with van der Waals surface area (Å²) in [6, 6.07) is 21.4. The number of sulfonamides is 1. The van der Waals surface area contributed by atoms with E-state index in [0.29, 0.717) is 17.4 Å². The number of halogens is 1. The van der Waals surface area contributed by atoms with Crippen LogP contribution in [0.2, 0.25) is 5.02 Å². The molecule has 0 aliphatic rings. The van der Waals surface area contributed by atoms with Crippen molar-refractivity contribution >= 4 is 27.5 Å². The first-order chi connectivity index (χ1) is 15.4. The molecule has 6 nitrogen and oxygen atoms in total. The molecule has 0 radical (unpaired) electrons. The van der Waals surface area contributed by atoms with E-state index in [9.17, 15) is 13.2 Å². The Labute approximate surface area is 193 Å². The summed E-state index contributed by atoms with van der Waals surface area (Å²) in [5.41, 5.74) is 1.70. The maximum absolute atomic E-state index is 13.0. The molecular weight excluding hydrogens is 448 g/mol. The number of hydrogen-bond acceptors (Lipinski definition) is 4. The molecule has 0 aliphatic heterocycles. The van der Waals surface area contributed by atoms with Gasteiger partial charge < -0.3 is 10.1 Å². The first kappa shape index (κ1) is 23.8. The predicted octanol–water partition coefficient (Wildman–Crippen LogP) is 3.94. The summed E-state index contributed by atoms with van der Waals surface area (Å²) in [7, 11) is -3.93. The van der Waals surface area contributed by atoms with Crippen molar-refractivity contribution in [1.82, 2.24) is 10.0 Å². The van der Waals surface area contributed by atoms with Crippen LogP contribution in [0.1, 0.15) is 18.1 Å². The van der Waals surface area contributed by atoms with Crippen LogP contribution in [0.15, 0.2) is 83.8 Å². The van der Waals surface area contributed by atoms with Gasteiger partial charge in [-0.3, -0.25) is 4.79 Å². The van der Waals surface area contributed by atoms with Crippen molar-refractivity contribution in [2.75, 3.05) is 6.61 Å². The molecule has 2 N–H and O–H groups in total. The number of rotatable bonds is 10. The summed E-state index contributed by atoms with van der Waals surface area (Å²) < 4.78 is 33.9. The van der Waals surface area contributed by atoms with Crippen molar-refractivity contribution in [2.45, 2.75) is 30.8 Å². The maximum Gasteiger partial charge on any atom is 0.241 e. The predicted molar refractivity (Wildman–Crippen MR) is 125 cm³/mol. The van der Waals surface area contributed by atoms with Gasteiger partial charge in [0, 0.05) is 11.6 Å². The molecular formula is C24H25ClN2O4S. The van der Waals surface area contributed by atoms with Crippen LogP contribution in [-0.4, -0.2) is 27.0 Å². The van der Waals surface area contributed by atoms with E-state index in [1.54, 1.807) is 36.4 Å². The molecule has 8 heteroatoms. The van der Waals surface area contributed by atoms with Crippen molar-refractivity contribution in [2.24, 2.45) is 0 Å². The molecule has 0 bridgehead atoms. The fourth-order valence-corrected chi connectivity index (χ4v) is 4.41. The smallest absolute Gasteiger partial charge is 0.241 e. The molecule has 0 saturated heterocycles. The molecule has 1 unspecified atom stereocenters. The van der Waals surface area contributed by atoms with Crippen LogP contribution < -0.4 is 14.8 Å². The van der Waals surface area contributed by atoms with E-state index >= 15 is 0 Å². The molecule has 32 heavy (non-hydrogen) atoms. The zero-order chi connectivity index (χ0) is 23.0. The molecule has 0 heterocycles. The van der Waals surface area contributed by atoms with Crippen molar-refractivity contribution in [1.29, 1.82) is 0 Å². The van der Waals surface area contributed by atoms with Crippen molar-refractivity contribution < 1.29 is 17.9 Å². The highest BCUT2D eigenvalue weighted by molar-refractivity contribution is 7.89. The van der Waals surface area contributed by atoms with Crippen LogP contribution in [-0.2, 0) is 27.8 Å². The van der Waals surface area contributed by atoms with Gasteiger partial charge in [-0.2, -0.15) is 4.72 Å². The topological polar surface area (TPSA) is 84.5 Å². The van der Waals surface area contributed by atoms with Crippen LogP contribution in [0.4, 0.5) is 0 Å². The van der Waals surface area contributed by atoms with E-state index in [0.717, 1.165) is 11.1 Å². The fourth-order valence-electron chi connectivity index (χ4n) is 3.09. The molecule has 0 saturated carbocycles. The van der Waals surface area contributed by atoms with Gasteiger partial charge in [0.2, 0.25) is 15.9 Å². The Kier molecular flexibility index (Phi) is 8.27. The van der Waals surface area contributed by atoms with Crippen LogP contribution in [0, 0.1) is 0 Å². The van der Waals surface area contributed by atoms with Crippen LogP contribution >= 0.6 is 11.6 Å². The second-order valence-electron chi connectivity index (χ2n) is 7.11. The first-order valence-corrected chi connectivity index (χ1v) is 12.0. The zero-order valence-electron chi connectivity index (χ0n) is 17.6. The standard InChI is InChI=1S/C24H25ClN2O4S/c1-2-31-21-12-14-22(15-13-21)32(29,30)27-23(16-18-6-4-3-5-7-18)24(28)26-17-19-8-10-20(25)11-9-19/h3-15,23,27H,2,16-17H2,1H3,(H,26,28). The number of carbonyl (C=O) groups excluding carboxylic acids is 1. The molecule has 0 aliphatic carbocycles. The van der Waals surface area contributed by atoms with Gasteiger partial charge >= 0.3 is 0 Å². The summed E-state index contributed by atoms with van der Waals surface area (Å²) in [6.45, 7) is 2.59. The van der Waals surface area contributed by atoms with E-state index in [1.165, 1.54) is 12.1 Å².